The van der Waals surface area contributed by atoms with Crippen LogP contribution in [-0.2, 0) is 22.5 Å². The van der Waals surface area contributed by atoms with Crippen molar-refractivity contribution < 1.29 is 47.6 Å². The number of aromatic carboxylic acids is 1. The second-order valence-electron chi connectivity index (χ2n) is 14.6. The van der Waals surface area contributed by atoms with Gasteiger partial charge in [-0.2, -0.15) is 8.78 Å². The van der Waals surface area contributed by atoms with Crippen LogP contribution in [0.1, 0.15) is 80.9 Å². The summed E-state index contributed by atoms with van der Waals surface area (Å²) in [6.45, 7) is 0.696. The summed E-state index contributed by atoms with van der Waals surface area (Å²) < 4.78 is 44.3. The Bertz CT molecular complexity index is 1970. The molecule has 2 N–H and O–H groups in total. The summed E-state index contributed by atoms with van der Waals surface area (Å²) in [4.78, 5) is 29.5. The Morgan fingerprint density at radius 2 is 1.69 bits per heavy atom. The van der Waals surface area contributed by atoms with Crippen LogP contribution in [0, 0.1) is 11.3 Å². The van der Waals surface area contributed by atoms with Crippen LogP contribution in [-0.4, -0.2) is 61.5 Å². The zero-order valence-electron chi connectivity index (χ0n) is 29.9. The van der Waals surface area contributed by atoms with Crippen LogP contribution in [0.2, 0.25) is 10.0 Å². The van der Waals surface area contributed by atoms with Crippen molar-refractivity contribution in [2.24, 2.45) is 11.3 Å². The van der Waals surface area contributed by atoms with Crippen molar-refractivity contribution in [3.8, 4) is 11.5 Å². The molecule has 8 rings (SSSR count). The zero-order valence-corrected chi connectivity index (χ0v) is 32.2. The van der Waals surface area contributed by atoms with E-state index >= 15 is 0 Å². The molecule has 2 aromatic heterocycles. The van der Waals surface area contributed by atoms with E-state index in [4.69, 9.17) is 37.4 Å². The lowest BCUT2D eigenvalue weighted by atomic mass is 9.73. The van der Waals surface area contributed by atoms with E-state index in [0.717, 1.165) is 67.8 Å². The average Bonchev–Trinajstić information content (AvgIpc) is 3.91. The lowest BCUT2D eigenvalue weighted by Crippen LogP contribution is -2.50. The van der Waals surface area contributed by atoms with Crippen LogP contribution in [0.25, 0.3) is 0 Å². The van der Waals surface area contributed by atoms with Gasteiger partial charge in [0.1, 0.15) is 16.1 Å². The molecule has 4 fully saturated rings. The van der Waals surface area contributed by atoms with Gasteiger partial charge in [-0.25, -0.2) is 4.79 Å². The Balaban J connectivity index is 1.20. The summed E-state index contributed by atoms with van der Waals surface area (Å²) >= 11 is 14.1. The molecule has 2 bridgehead atoms. The molecule has 2 aromatic carbocycles. The van der Waals surface area contributed by atoms with E-state index in [0.29, 0.717) is 46.3 Å². The highest BCUT2D eigenvalue weighted by Gasteiger charge is 2.41. The van der Waals surface area contributed by atoms with E-state index in [1.165, 1.54) is 18.5 Å². The molecule has 5 heterocycles. The molecule has 4 aromatic rings. The van der Waals surface area contributed by atoms with E-state index in [2.05, 4.69) is 10.2 Å². The van der Waals surface area contributed by atoms with Crippen LogP contribution in [0.4, 0.5) is 8.78 Å². The van der Waals surface area contributed by atoms with Crippen molar-refractivity contribution in [1.82, 2.24) is 10.2 Å². The minimum atomic E-state index is -3.09. The number of piperidine rings is 3. The van der Waals surface area contributed by atoms with Crippen molar-refractivity contribution in [2.75, 3.05) is 32.8 Å². The molecular weight excluding hydrogens is 775 g/mol. The molecule has 292 valence electrons. The highest BCUT2D eigenvalue weighted by molar-refractivity contribution is 7.14. The minimum absolute atomic E-state index is 0.0126. The Morgan fingerprint density at radius 1 is 1.00 bits per heavy atom. The number of rotatable bonds is 17. The third-order valence-electron chi connectivity index (χ3n) is 10.9. The quantitative estimate of drug-likeness (QED) is 0.0693. The molecule has 15 heteroatoms. The van der Waals surface area contributed by atoms with E-state index in [1.54, 1.807) is 18.2 Å². The number of esters is 1. The first-order valence-corrected chi connectivity index (χ1v) is 19.9. The second-order valence-corrected chi connectivity index (χ2v) is 16.6. The summed E-state index contributed by atoms with van der Waals surface area (Å²) in [5.74, 6) is -2.36. The number of carbonyl (C=O) groups is 2. The van der Waals surface area contributed by atoms with Gasteiger partial charge in [0, 0.05) is 33.0 Å². The fourth-order valence-corrected chi connectivity index (χ4v) is 9.07. The number of hydrogen-bond acceptors (Lipinski definition) is 10. The van der Waals surface area contributed by atoms with Crippen LogP contribution in [0.3, 0.4) is 0 Å². The molecule has 0 amide bonds. The van der Waals surface area contributed by atoms with Gasteiger partial charge in [-0.3, -0.25) is 10.5 Å². The first-order chi connectivity index (χ1) is 26.5. The first kappa shape index (κ1) is 39.2. The second kappa shape index (κ2) is 17.0. The maximum atomic E-state index is 13.8. The van der Waals surface area contributed by atoms with Crippen LogP contribution in [0.5, 0.6) is 11.5 Å². The van der Waals surface area contributed by atoms with Crippen molar-refractivity contribution in [3.05, 3.63) is 109 Å². The predicted molar refractivity (Wildman–Crippen MR) is 199 cm³/mol. The summed E-state index contributed by atoms with van der Waals surface area (Å²) in [5, 5.41) is 26.4. The summed E-state index contributed by atoms with van der Waals surface area (Å²) in [7, 11) is 0. The Morgan fingerprint density at radius 3 is 2.33 bits per heavy atom. The van der Waals surface area contributed by atoms with E-state index in [9.17, 15) is 28.7 Å². The number of nitrogens with one attached hydrogen (secondary N) is 1. The van der Waals surface area contributed by atoms with Gasteiger partial charge in [0.2, 0.25) is 12.4 Å². The number of ether oxygens (including phenoxy) is 3. The third kappa shape index (κ3) is 9.52. The number of benzene rings is 2. The molecule has 2 atom stereocenters. The van der Waals surface area contributed by atoms with Gasteiger partial charge in [-0.15, -0.1) is 11.3 Å². The topological polar surface area (TPSA) is 124 Å². The van der Waals surface area contributed by atoms with Gasteiger partial charge in [0.15, 0.2) is 11.5 Å². The number of aromatic nitrogens is 1. The van der Waals surface area contributed by atoms with Gasteiger partial charge < -0.3 is 29.0 Å². The fraction of sp³-hybridized carbons (Fsp3) is 0.425. The van der Waals surface area contributed by atoms with Crippen LogP contribution >= 0.6 is 34.5 Å². The molecule has 10 nitrogen and oxygen atoms in total. The number of fused-ring (bicyclic) bond motifs is 3. The lowest BCUT2D eigenvalue weighted by molar-refractivity contribution is -0.904. The molecule has 1 saturated carbocycles. The van der Waals surface area contributed by atoms with E-state index in [1.807, 2.05) is 30.3 Å². The zero-order chi connectivity index (χ0) is 38.7. The molecule has 4 aliphatic rings. The number of nitrogens with zero attached hydrogens (tertiary/aromatic N) is 2. The van der Waals surface area contributed by atoms with Crippen LogP contribution in [0.15, 0.2) is 67.0 Å². The summed E-state index contributed by atoms with van der Waals surface area (Å²) in [6, 6.07) is 14.6. The molecule has 3 saturated heterocycles. The van der Waals surface area contributed by atoms with Crippen molar-refractivity contribution in [1.29, 1.82) is 0 Å². The Labute approximate surface area is 331 Å². The smallest absolute Gasteiger partial charge is 0.387 e. The predicted octanol–water partition coefficient (Wildman–Crippen LogP) is 6.57. The average molecular weight is 817 g/mol. The monoisotopic (exact) mass is 815 g/mol. The van der Waals surface area contributed by atoms with Crippen molar-refractivity contribution in [3.63, 3.8) is 0 Å². The standard InChI is InChI=1S/C40H41Cl2F2N3O7S/c41-31-20-47(51)21-32(42)30(31)18-28(26-8-9-33(54-39(43)44)34(16-26)52-22-24-6-7-24)29-17-27(55-36(29)37(48)49)19-45-35(25-4-2-1-3-5-25)38(50)53-23-40-10-13-46(14-11-40)15-12-40/h1-5,8-9,16-17,20-21,24,28,35,39,45H,6-7,10-15,18-19,22-23H2,(H-,48,49,51)/t28-,35?/m0/s1. The number of hydrogen-bond donors (Lipinski definition) is 2. The largest absolute Gasteiger partial charge is 0.544 e. The number of alkyl halides is 2. The van der Waals surface area contributed by atoms with Gasteiger partial charge >= 0.3 is 12.6 Å². The van der Waals surface area contributed by atoms with Crippen LogP contribution < -0.4 is 24.6 Å². The third-order valence-corrected chi connectivity index (χ3v) is 12.6. The number of carbonyl (C=O) groups excluding carboxylic acids is 2. The highest BCUT2D eigenvalue weighted by atomic mass is 35.5. The summed E-state index contributed by atoms with van der Waals surface area (Å²) in [5.41, 5.74) is 1.97. The minimum Gasteiger partial charge on any atom is -0.544 e. The van der Waals surface area contributed by atoms with Crippen molar-refractivity contribution in [2.45, 2.75) is 63.6 Å². The first-order valence-electron chi connectivity index (χ1n) is 18.3. The number of halogens is 4. The maximum Gasteiger partial charge on any atom is 0.387 e. The number of thiophene rings is 1. The van der Waals surface area contributed by atoms with Gasteiger partial charge in [-0.05, 0) is 99.0 Å². The Kier molecular flexibility index (Phi) is 12.1. The van der Waals surface area contributed by atoms with E-state index < -0.39 is 30.5 Å². The molecule has 3 aliphatic heterocycles. The molecule has 0 spiro atoms. The lowest BCUT2D eigenvalue weighted by Gasteiger charge is -2.48. The normalized spacial score (nSPS) is 20.3. The van der Waals surface area contributed by atoms with Gasteiger partial charge in [0.25, 0.3) is 0 Å². The number of carboxylic acids is 1. The maximum absolute atomic E-state index is 13.8. The Hall–Kier alpha value is -4.01. The molecule has 0 radical (unpaired) electrons. The molecule has 55 heavy (non-hydrogen) atoms. The number of pyridine rings is 1. The van der Waals surface area contributed by atoms with Crippen molar-refractivity contribution >= 4 is 46.5 Å². The molecule has 1 unspecified atom stereocenters. The molecular formula is C40H41Cl2F2N3O7S. The summed E-state index contributed by atoms with van der Waals surface area (Å²) in [6.07, 6.45) is 7.47. The molecule has 1 aliphatic carbocycles. The van der Waals surface area contributed by atoms with Gasteiger partial charge in [0.05, 0.1) is 24.1 Å². The highest BCUT2D eigenvalue weighted by Crippen LogP contribution is 2.43. The fourth-order valence-electron chi connectivity index (χ4n) is 7.46. The van der Waals surface area contributed by atoms with E-state index in [-0.39, 0.29) is 44.8 Å². The SMILES string of the molecule is O=C([O-])c1sc(CNC(C(=O)OCC23CCN(CC2)CC3)c2ccccc2)cc1[C@@H](Cc1c(Cl)c[n+](O)cc1Cl)c1ccc(OC(F)F)c(OCC2CC2)c1. The van der Waals surface area contributed by atoms with Gasteiger partial charge in [-0.1, -0.05) is 59.6 Å². The number of carboxylic acid groups (broad SMARTS) is 1.